The minimum Gasteiger partial charge on any atom is -0.392 e. The predicted octanol–water partition coefficient (Wildman–Crippen LogP) is 4.34. The summed E-state index contributed by atoms with van der Waals surface area (Å²) in [5.74, 6) is 0. The molecule has 100 valence electrons. The van der Waals surface area contributed by atoms with Crippen molar-refractivity contribution >= 4 is 37.5 Å². The largest absolute Gasteiger partial charge is 0.392 e. The minimum atomic E-state index is 0.0518. The van der Waals surface area contributed by atoms with Crippen molar-refractivity contribution in [1.82, 2.24) is 0 Å². The molecule has 0 amide bonds. The zero-order chi connectivity index (χ0) is 13.8. The molecule has 0 atom stereocenters. The van der Waals surface area contributed by atoms with Gasteiger partial charge in [0.2, 0.25) is 0 Å². The van der Waals surface area contributed by atoms with Gasteiger partial charge < -0.3 is 10.0 Å². The van der Waals surface area contributed by atoms with Crippen LogP contribution in [0.15, 0.2) is 51.4 Å². The number of benzene rings is 2. The van der Waals surface area contributed by atoms with E-state index < -0.39 is 0 Å². The average Bonchev–Trinajstić information content (AvgIpc) is 2.38. The third kappa shape index (κ3) is 3.81. The second-order valence-electron chi connectivity index (χ2n) is 4.42. The molecule has 0 aliphatic carbocycles. The highest BCUT2D eigenvalue weighted by Gasteiger charge is 2.05. The molecule has 0 fully saturated rings. The predicted molar refractivity (Wildman–Crippen MR) is 86.3 cm³/mol. The summed E-state index contributed by atoms with van der Waals surface area (Å²) in [5, 5.41) is 9.16. The molecule has 2 aromatic carbocycles. The number of aliphatic hydroxyl groups excluding tert-OH is 1. The molecule has 0 aliphatic rings. The van der Waals surface area contributed by atoms with Crippen molar-refractivity contribution in [2.45, 2.75) is 13.2 Å². The SMILES string of the molecule is CN(Cc1cccc(Br)c1)c1ccc(CO)c(Br)c1. The van der Waals surface area contributed by atoms with Gasteiger partial charge in [-0.1, -0.05) is 50.1 Å². The number of aliphatic hydroxyl groups is 1. The van der Waals surface area contributed by atoms with Gasteiger partial charge in [0, 0.05) is 28.2 Å². The molecule has 0 spiro atoms. The highest BCUT2D eigenvalue weighted by molar-refractivity contribution is 9.10. The Labute approximate surface area is 130 Å². The first-order chi connectivity index (χ1) is 9.10. The van der Waals surface area contributed by atoms with E-state index in [4.69, 9.17) is 5.11 Å². The maximum atomic E-state index is 9.16. The summed E-state index contributed by atoms with van der Waals surface area (Å²) >= 11 is 6.96. The summed E-state index contributed by atoms with van der Waals surface area (Å²) in [7, 11) is 2.06. The van der Waals surface area contributed by atoms with E-state index in [0.29, 0.717) is 0 Å². The highest BCUT2D eigenvalue weighted by Crippen LogP contribution is 2.25. The van der Waals surface area contributed by atoms with Gasteiger partial charge in [-0.2, -0.15) is 0 Å². The number of halogens is 2. The summed E-state index contributed by atoms with van der Waals surface area (Å²) < 4.78 is 2.03. The van der Waals surface area contributed by atoms with Gasteiger partial charge in [-0.05, 0) is 35.4 Å². The van der Waals surface area contributed by atoms with Crippen LogP contribution in [0.1, 0.15) is 11.1 Å². The van der Waals surface area contributed by atoms with Crippen LogP contribution < -0.4 is 4.90 Å². The zero-order valence-electron chi connectivity index (χ0n) is 10.6. The van der Waals surface area contributed by atoms with E-state index in [9.17, 15) is 0 Å². The van der Waals surface area contributed by atoms with Crippen molar-refractivity contribution in [2.24, 2.45) is 0 Å². The normalized spacial score (nSPS) is 10.5. The fourth-order valence-electron chi connectivity index (χ4n) is 1.90. The molecular formula is C15H15Br2NO. The number of anilines is 1. The van der Waals surface area contributed by atoms with Crippen LogP contribution in [0.5, 0.6) is 0 Å². The molecule has 0 saturated carbocycles. The third-order valence-electron chi connectivity index (χ3n) is 2.96. The zero-order valence-corrected chi connectivity index (χ0v) is 13.8. The van der Waals surface area contributed by atoms with E-state index in [2.05, 4.69) is 55.9 Å². The molecular weight excluding hydrogens is 370 g/mol. The average molecular weight is 385 g/mol. The van der Waals surface area contributed by atoms with Gasteiger partial charge >= 0.3 is 0 Å². The maximum Gasteiger partial charge on any atom is 0.0692 e. The first kappa shape index (κ1) is 14.6. The molecule has 0 heterocycles. The van der Waals surface area contributed by atoms with E-state index in [1.54, 1.807) is 0 Å². The highest BCUT2D eigenvalue weighted by atomic mass is 79.9. The third-order valence-corrected chi connectivity index (χ3v) is 4.19. The van der Waals surface area contributed by atoms with Gasteiger partial charge in [-0.15, -0.1) is 0 Å². The fourth-order valence-corrected chi connectivity index (χ4v) is 2.84. The molecule has 0 radical (unpaired) electrons. The van der Waals surface area contributed by atoms with Crippen molar-refractivity contribution in [3.05, 3.63) is 62.5 Å². The van der Waals surface area contributed by atoms with Gasteiger partial charge in [0.05, 0.1) is 6.61 Å². The van der Waals surface area contributed by atoms with Crippen molar-refractivity contribution in [3.8, 4) is 0 Å². The maximum absolute atomic E-state index is 9.16. The van der Waals surface area contributed by atoms with E-state index in [1.165, 1.54) is 5.56 Å². The lowest BCUT2D eigenvalue weighted by atomic mass is 10.2. The molecule has 0 unspecified atom stereocenters. The summed E-state index contributed by atoms with van der Waals surface area (Å²) in [6, 6.07) is 14.3. The summed E-state index contributed by atoms with van der Waals surface area (Å²) in [4.78, 5) is 2.17. The Kier molecular flexibility index (Phi) is 5.02. The van der Waals surface area contributed by atoms with Gasteiger partial charge in [-0.3, -0.25) is 0 Å². The van der Waals surface area contributed by atoms with Gasteiger partial charge in [-0.25, -0.2) is 0 Å². The standard InChI is InChI=1S/C15H15Br2NO/c1-18(9-11-3-2-4-13(16)7-11)14-6-5-12(10-19)15(17)8-14/h2-8,19H,9-10H2,1H3. The molecule has 19 heavy (non-hydrogen) atoms. The lowest BCUT2D eigenvalue weighted by molar-refractivity contribution is 0.281. The Morgan fingerprint density at radius 2 is 1.89 bits per heavy atom. The lowest BCUT2D eigenvalue weighted by Crippen LogP contribution is -2.16. The van der Waals surface area contributed by atoms with E-state index in [-0.39, 0.29) is 6.61 Å². The molecule has 0 saturated heterocycles. The molecule has 4 heteroatoms. The minimum absolute atomic E-state index is 0.0518. The molecule has 0 bridgehead atoms. The Morgan fingerprint density at radius 1 is 1.11 bits per heavy atom. The molecule has 1 N–H and O–H groups in total. The van der Waals surface area contributed by atoms with Crippen LogP contribution in [0, 0.1) is 0 Å². The van der Waals surface area contributed by atoms with Gasteiger partial charge in [0.1, 0.15) is 0 Å². The van der Waals surface area contributed by atoms with Gasteiger partial charge in [0.15, 0.2) is 0 Å². The summed E-state index contributed by atoms with van der Waals surface area (Å²) in [6.45, 7) is 0.889. The first-order valence-electron chi connectivity index (χ1n) is 5.95. The van der Waals surface area contributed by atoms with Crippen LogP contribution in [0.25, 0.3) is 0 Å². The van der Waals surface area contributed by atoms with Crippen LogP contribution >= 0.6 is 31.9 Å². The van der Waals surface area contributed by atoms with Crippen molar-refractivity contribution in [2.75, 3.05) is 11.9 Å². The number of rotatable bonds is 4. The molecule has 2 aromatic rings. The van der Waals surface area contributed by atoms with Crippen molar-refractivity contribution in [3.63, 3.8) is 0 Å². The number of hydrogen-bond donors (Lipinski definition) is 1. The van der Waals surface area contributed by atoms with Crippen molar-refractivity contribution in [1.29, 1.82) is 0 Å². The van der Waals surface area contributed by atoms with E-state index >= 15 is 0 Å². The number of nitrogens with zero attached hydrogens (tertiary/aromatic N) is 1. The molecule has 0 aliphatic heterocycles. The monoisotopic (exact) mass is 383 g/mol. The smallest absolute Gasteiger partial charge is 0.0692 e. The Hall–Kier alpha value is -0.840. The molecule has 2 nitrogen and oxygen atoms in total. The van der Waals surface area contributed by atoms with E-state index in [0.717, 1.165) is 26.7 Å². The first-order valence-corrected chi connectivity index (χ1v) is 7.53. The second kappa shape index (κ2) is 6.55. The second-order valence-corrected chi connectivity index (χ2v) is 6.19. The summed E-state index contributed by atoms with van der Waals surface area (Å²) in [5.41, 5.74) is 3.27. The van der Waals surface area contributed by atoms with Gasteiger partial charge in [0.25, 0.3) is 0 Å². The van der Waals surface area contributed by atoms with E-state index in [1.807, 2.05) is 30.3 Å². The fraction of sp³-hybridized carbons (Fsp3) is 0.200. The Balaban J connectivity index is 2.15. The van der Waals surface area contributed by atoms with Crippen LogP contribution in [-0.2, 0) is 13.2 Å². The lowest BCUT2D eigenvalue weighted by Gasteiger charge is -2.20. The Bertz CT molecular complexity index is 572. The van der Waals surface area contributed by atoms with Crippen LogP contribution in [0.3, 0.4) is 0 Å². The van der Waals surface area contributed by atoms with Crippen LogP contribution in [0.2, 0.25) is 0 Å². The molecule has 0 aromatic heterocycles. The number of hydrogen-bond acceptors (Lipinski definition) is 2. The Morgan fingerprint density at radius 3 is 2.53 bits per heavy atom. The topological polar surface area (TPSA) is 23.5 Å². The van der Waals surface area contributed by atoms with Crippen molar-refractivity contribution < 1.29 is 5.11 Å². The summed E-state index contributed by atoms with van der Waals surface area (Å²) in [6.07, 6.45) is 0. The van der Waals surface area contributed by atoms with Crippen LogP contribution in [-0.4, -0.2) is 12.2 Å². The quantitative estimate of drug-likeness (QED) is 0.847. The van der Waals surface area contributed by atoms with Crippen LogP contribution in [0.4, 0.5) is 5.69 Å². The molecule has 2 rings (SSSR count).